The molecule has 21 heavy (non-hydrogen) atoms. The highest BCUT2D eigenvalue weighted by Crippen LogP contribution is 2.15. The molecule has 0 bridgehead atoms. The number of halogens is 1. The first-order valence-electron chi connectivity index (χ1n) is 6.35. The molecule has 0 atom stereocenters. The van der Waals surface area contributed by atoms with E-state index in [0.29, 0.717) is 11.4 Å². The summed E-state index contributed by atoms with van der Waals surface area (Å²) in [6, 6.07) is 7.14. The Hall–Kier alpha value is -1.92. The molecule has 2 amide bonds. The van der Waals surface area contributed by atoms with Crippen molar-refractivity contribution in [3.63, 3.8) is 0 Å². The van der Waals surface area contributed by atoms with Gasteiger partial charge in [0.25, 0.3) is 0 Å². The monoisotopic (exact) mass is 325 g/mol. The molecular formula is C14H16ClN3O2S. The molecule has 112 valence electrons. The summed E-state index contributed by atoms with van der Waals surface area (Å²) in [4.78, 5) is 22.8. The minimum absolute atomic E-state index is 0.0215. The van der Waals surface area contributed by atoms with Crippen molar-refractivity contribution < 1.29 is 9.59 Å². The average Bonchev–Trinajstić information content (AvgIpc) is 2.44. The number of carbonyl (C=O) groups excluding carboxylic acids is 2. The minimum atomic E-state index is -0.419. The standard InChI is InChI=1S/C14H16ClN3O2S/c1-2-5-13(20)17-18-14(21)16-12(19)9-8-10-6-3-4-7-11(10)15/h3-4,6-9H,2,5H2,1H3,(H,17,20)(H2,16,18,19,21)/b9-8+. The van der Waals surface area contributed by atoms with Gasteiger partial charge in [0.05, 0.1) is 0 Å². The molecule has 0 fully saturated rings. The van der Waals surface area contributed by atoms with Crippen molar-refractivity contribution in [1.29, 1.82) is 0 Å². The van der Waals surface area contributed by atoms with Crippen LogP contribution in [0.3, 0.4) is 0 Å². The summed E-state index contributed by atoms with van der Waals surface area (Å²) >= 11 is 10.8. The zero-order valence-corrected chi connectivity index (χ0v) is 13.1. The van der Waals surface area contributed by atoms with Gasteiger partial charge in [-0.05, 0) is 36.3 Å². The molecule has 0 aliphatic rings. The third kappa shape index (κ3) is 6.87. The Balaban J connectivity index is 2.41. The van der Waals surface area contributed by atoms with Crippen molar-refractivity contribution in [3.8, 4) is 0 Å². The maximum absolute atomic E-state index is 11.6. The molecule has 1 aromatic carbocycles. The molecule has 0 spiro atoms. The van der Waals surface area contributed by atoms with Gasteiger partial charge in [-0.1, -0.05) is 36.7 Å². The molecule has 0 saturated carbocycles. The topological polar surface area (TPSA) is 70.2 Å². The van der Waals surface area contributed by atoms with E-state index in [0.717, 1.165) is 12.0 Å². The van der Waals surface area contributed by atoms with Crippen LogP contribution in [0.4, 0.5) is 0 Å². The summed E-state index contributed by atoms with van der Waals surface area (Å²) in [7, 11) is 0. The van der Waals surface area contributed by atoms with Gasteiger partial charge in [-0.25, -0.2) is 0 Å². The van der Waals surface area contributed by atoms with E-state index >= 15 is 0 Å². The van der Waals surface area contributed by atoms with Gasteiger partial charge in [0.2, 0.25) is 11.8 Å². The number of benzene rings is 1. The fourth-order valence-corrected chi connectivity index (χ4v) is 1.73. The molecular weight excluding hydrogens is 310 g/mol. The summed E-state index contributed by atoms with van der Waals surface area (Å²) < 4.78 is 0. The van der Waals surface area contributed by atoms with Crippen molar-refractivity contribution in [1.82, 2.24) is 16.2 Å². The zero-order valence-electron chi connectivity index (χ0n) is 11.5. The molecule has 0 unspecified atom stereocenters. The Bertz CT molecular complexity index is 561. The first kappa shape index (κ1) is 17.1. The number of hydrogen-bond donors (Lipinski definition) is 3. The molecule has 0 radical (unpaired) electrons. The van der Waals surface area contributed by atoms with Crippen molar-refractivity contribution in [2.75, 3.05) is 0 Å². The molecule has 0 aliphatic carbocycles. The second-order valence-electron chi connectivity index (χ2n) is 4.10. The molecule has 5 nitrogen and oxygen atoms in total. The fourth-order valence-electron chi connectivity index (χ4n) is 1.38. The van der Waals surface area contributed by atoms with E-state index in [1.54, 1.807) is 24.3 Å². The summed E-state index contributed by atoms with van der Waals surface area (Å²) in [5.74, 6) is -0.613. The lowest BCUT2D eigenvalue weighted by atomic mass is 10.2. The molecule has 1 aromatic rings. The Kier molecular flexibility index (Phi) is 7.42. The van der Waals surface area contributed by atoms with Crippen molar-refractivity contribution >= 4 is 46.8 Å². The minimum Gasteiger partial charge on any atom is -0.298 e. The van der Waals surface area contributed by atoms with E-state index in [9.17, 15) is 9.59 Å². The Labute approximate surface area is 133 Å². The predicted molar refractivity (Wildman–Crippen MR) is 87.4 cm³/mol. The number of hydrazine groups is 1. The molecule has 0 aliphatic heterocycles. The fraction of sp³-hybridized carbons (Fsp3) is 0.214. The van der Waals surface area contributed by atoms with Gasteiger partial charge in [-0.3, -0.25) is 25.8 Å². The van der Waals surface area contributed by atoms with E-state index in [-0.39, 0.29) is 11.0 Å². The van der Waals surface area contributed by atoms with Crippen molar-refractivity contribution in [2.45, 2.75) is 19.8 Å². The van der Waals surface area contributed by atoms with Gasteiger partial charge in [0.15, 0.2) is 5.11 Å². The largest absolute Gasteiger partial charge is 0.298 e. The van der Waals surface area contributed by atoms with Gasteiger partial charge >= 0.3 is 0 Å². The number of rotatable bonds is 4. The van der Waals surface area contributed by atoms with Crippen LogP contribution in [0.2, 0.25) is 5.02 Å². The SMILES string of the molecule is CCCC(=O)NNC(=S)NC(=O)/C=C/c1ccccc1Cl. The van der Waals surface area contributed by atoms with Crippen molar-refractivity contribution in [2.24, 2.45) is 0 Å². The van der Waals surface area contributed by atoms with Crippen LogP contribution in [0.25, 0.3) is 6.08 Å². The van der Waals surface area contributed by atoms with E-state index in [4.69, 9.17) is 23.8 Å². The Morgan fingerprint density at radius 3 is 2.67 bits per heavy atom. The second-order valence-corrected chi connectivity index (χ2v) is 4.91. The van der Waals surface area contributed by atoms with E-state index < -0.39 is 5.91 Å². The zero-order chi connectivity index (χ0) is 15.7. The number of hydrogen-bond acceptors (Lipinski definition) is 3. The third-order valence-electron chi connectivity index (χ3n) is 2.35. The van der Waals surface area contributed by atoms with Crippen LogP contribution in [0.15, 0.2) is 30.3 Å². The van der Waals surface area contributed by atoms with E-state index in [2.05, 4.69) is 16.2 Å². The Morgan fingerprint density at radius 2 is 2.00 bits per heavy atom. The summed E-state index contributed by atoms with van der Waals surface area (Å²) in [6.45, 7) is 1.89. The van der Waals surface area contributed by atoms with Crippen LogP contribution in [-0.4, -0.2) is 16.9 Å². The highest BCUT2D eigenvalue weighted by Gasteiger charge is 2.03. The van der Waals surface area contributed by atoms with E-state index in [1.165, 1.54) is 6.08 Å². The van der Waals surface area contributed by atoms with Crippen LogP contribution in [0.5, 0.6) is 0 Å². The van der Waals surface area contributed by atoms with Gasteiger partial charge in [-0.15, -0.1) is 0 Å². The lowest BCUT2D eigenvalue weighted by molar-refractivity contribution is -0.122. The van der Waals surface area contributed by atoms with Gasteiger partial charge < -0.3 is 0 Å². The highest BCUT2D eigenvalue weighted by molar-refractivity contribution is 7.80. The first-order chi connectivity index (χ1) is 10.0. The highest BCUT2D eigenvalue weighted by atomic mass is 35.5. The molecule has 0 heterocycles. The first-order valence-corrected chi connectivity index (χ1v) is 7.14. The number of amides is 2. The van der Waals surface area contributed by atoms with Crippen LogP contribution < -0.4 is 16.2 Å². The normalized spacial score (nSPS) is 10.2. The lowest BCUT2D eigenvalue weighted by Crippen LogP contribution is -2.48. The quantitative estimate of drug-likeness (QED) is 0.451. The van der Waals surface area contributed by atoms with Gasteiger partial charge in [0, 0.05) is 17.5 Å². The second kappa shape index (κ2) is 9.10. The summed E-state index contributed by atoms with van der Waals surface area (Å²) in [5, 5.41) is 2.98. The van der Waals surface area contributed by atoms with Crippen LogP contribution in [0.1, 0.15) is 25.3 Å². The maximum atomic E-state index is 11.6. The Morgan fingerprint density at radius 1 is 1.29 bits per heavy atom. The predicted octanol–water partition coefficient (Wildman–Crippen LogP) is 2.18. The maximum Gasteiger partial charge on any atom is 0.250 e. The number of nitrogens with one attached hydrogen (secondary N) is 3. The number of thiocarbonyl (C=S) groups is 1. The number of carbonyl (C=O) groups is 2. The third-order valence-corrected chi connectivity index (χ3v) is 2.90. The molecule has 3 N–H and O–H groups in total. The van der Waals surface area contributed by atoms with Crippen LogP contribution in [0, 0.1) is 0 Å². The van der Waals surface area contributed by atoms with Crippen LogP contribution >= 0.6 is 23.8 Å². The molecule has 1 rings (SSSR count). The van der Waals surface area contributed by atoms with Gasteiger partial charge in [0.1, 0.15) is 0 Å². The van der Waals surface area contributed by atoms with Crippen molar-refractivity contribution in [3.05, 3.63) is 40.9 Å². The van der Waals surface area contributed by atoms with Gasteiger partial charge in [-0.2, -0.15) is 0 Å². The molecule has 0 aromatic heterocycles. The van der Waals surface area contributed by atoms with Crippen LogP contribution in [-0.2, 0) is 9.59 Å². The summed E-state index contributed by atoms with van der Waals surface area (Å²) in [5.41, 5.74) is 5.56. The van der Waals surface area contributed by atoms with E-state index in [1.807, 2.05) is 13.0 Å². The smallest absolute Gasteiger partial charge is 0.250 e. The molecule has 7 heteroatoms. The average molecular weight is 326 g/mol. The molecule has 0 saturated heterocycles. The summed E-state index contributed by atoms with van der Waals surface area (Å²) in [6.07, 6.45) is 4.00. The lowest BCUT2D eigenvalue weighted by Gasteiger charge is -2.08.